The Bertz CT molecular complexity index is 332. The zero-order valence-electron chi connectivity index (χ0n) is 10.4. The highest BCUT2D eigenvalue weighted by Gasteiger charge is 2.18. The Balaban J connectivity index is 1.72. The monoisotopic (exact) mass is 316 g/mol. The molecule has 0 amide bonds. The van der Waals surface area contributed by atoms with Crippen LogP contribution in [0.4, 0.5) is 0 Å². The van der Waals surface area contributed by atoms with Crippen LogP contribution < -0.4 is 5.32 Å². The van der Waals surface area contributed by atoms with Gasteiger partial charge in [-0.15, -0.1) is 11.3 Å². The predicted molar refractivity (Wildman–Crippen MR) is 78.6 cm³/mol. The van der Waals surface area contributed by atoms with Gasteiger partial charge in [0, 0.05) is 17.5 Å². The van der Waals surface area contributed by atoms with Crippen LogP contribution >= 0.6 is 27.3 Å². The number of likely N-dealkylation sites (tertiary alicyclic amines) is 1. The molecular weight excluding hydrogens is 296 g/mol. The smallest absolute Gasteiger partial charge is 0.0701 e. The summed E-state index contributed by atoms with van der Waals surface area (Å²) in [6.07, 6.45) is 3.84. The molecule has 1 aliphatic heterocycles. The van der Waals surface area contributed by atoms with E-state index in [1.54, 1.807) is 0 Å². The van der Waals surface area contributed by atoms with Crippen molar-refractivity contribution in [2.45, 2.75) is 38.8 Å². The average molecular weight is 317 g/mol. The summed E-state index contributed by atoms with van der Waals surface area (Å²) >= 11 is 5.38. The van der Waals surface area contributed by atoms with Crippen LogP contribution in [0.15, 0.2) is 15.9 Å². The maximum absolute atomic E-state index is 3.63. The summed E-state index contributed by atoms with van der Waals surface area (Å²) in [6.45, 7) is 6.99. The molecule has 0 saturated carbocycles. The van der Waals surface area contributed by atoms with Gasteiger partial charge in [-0.1, -0.05) is 6.92 Å². The summed E-state index contributed by atoms with van der Waals surface area (Å²) in [5.41, 5.74) is 0. The minimum Gasteiger partial charge on any atom is -0.314 e. The van der Waals surface area contributed by atoms with Gasteiger partial charge in [-0.3, -0.25) is 4.90 Å². The van der Waals surface area contributed by atoms with E-state index in [2.05, 4.69) is 45.2 Å². The van der Waals surface area contributed by atoms with Gasteiger partial charge in [0.15, 0.2) is 0 Å². The van der Waals surface area contributed by atoms with Crippen molar-refractivity contribution in [3.05, 3.63) is 20.8 Å². The molecule has 0 spiro atoms. The fraction of sp³-hybridized carbons (Fsp3) is 0.692. The number of thiophene rings is 1. The molecule has 0 aliphatic carbocycles. The second-order valence-electron chi connectivity index (χ2n) is 4.71. The second-order valence-corrected chi connectivity index (χ2v) is 7.26. The third-order valence-corrected chi connectivity index (χ3v) is 4.89. The summed E-state index contributed by atoms with van der Waals surface area (Å²) in [4.78, 5) is 4.04. The molecule has 4 heteroatoms. The van der Waals surface area contributed by atoms with Gasteiger partial charge in [0.05, 0.1) is 3.79 Å². The first-order valence-electron chi connectivity index (χ1n) is 6.48. The minimum atomic E-state index is 0.751. The van der Waals surface area contributed by atoms with Gasteiger partial charge in [-0.25, -0.2) is 0 Å². The Morgan fingerprint density at radius 3 is 2.76 bits per heavy atom. The number of nitrogens with one attached hydrogen (secondary N) is 1. The highest BCUT2D eigenvalue weighted by atomic mass is 79.9. The lowest BCUT2D eigenvalue weighted by atomic mass is 10.0. The van der Waals surface area contributed by atoms with Crippen molar-refractivity contribution in [1.82, 2.24) is 10.2 Å². The zero-order valence-corrected chi connectivity index (χ0v) is 12.8. The van der Waals surface area contributed by atoms with E-state index in [1.165, 1.54) is 47.6 Å². The number of hydrogen-bond donors (Lipinski definition) is 1. The maximum atomic E-state index is 3.63. The highest BCUT2D eigenvalue weighted by molar-refractivity contribution is 9.11. The molecular formula is C13H21BrN2S. The van der Waals surface area contributed by atoms with Crippen LogP contribution in [0.5, 0.6) is 0 Å². The van der Waals surface area contributed by atoms with Gasteiger partial charge in [-0.05, 0) is 67.0 Å². The second kappa shape index (κ2) is 6.88. The number of halogens is 1. The molecule has 2 rings (SSSR count). The summed E-state index contributed by atoms with van der Waals surface area (Å²) in [7, 11) is 0. The summed E-state index contributed by atoms with van der Waals surface area (Å²) in [5, 5.41) is 3.63. The Kier molecular flexibility index (Phi) is 5.48. The van der Waals surface area contributed by atoms with Crippen LogP contribution in [0.25, 0.3) is 0 Å². The Hall–Kier alpha value is 0.1000. The van der Waals surface area contributed by atoms with Crippen LogP contribution in [0.3, 0.4) is 0 Å². The molecule has 1 N–H and O–H groups in total. The van der Waals surface area contributed by atoms with E-state index in [1.807, 2.05) is 11.3 Å². The van der Waals surface area contributed by atoms with Gasteiger partial charge < -0.3 is 5.32 Å². The lowest BCUT2D eigenvalue weighted by molar-refractivity contribution is 0.192. The van der Waals surface area contributed by atoms with Crippen LogP contribution in [0.1, 0.15) is 31.1 Å². The fourth-order valence-electron chi connectivity index (χ4n) is 2.30. The van der Waals surface area contributed by atoms with Crippen molar-refractivity contribution < 1.29 is 0 Å². The molecule has 1 aromatic heterocycles. The summed E-state index contributed by atoms with van der Waals surface area (Å²) in [6, 6.07) is 5.13. The summed E-state index contributed by atoms with van der Waals surface area (Å²) < 4.78 is 1.24. The molecule has 1 aromatic rings. The molecule has 0 radical (unpaired) electrons. The number of hydrogen-bond acceptors (Lipinski definition) is 3. The van der Waals surface area contributed by atoms with Crippen molar-refractivity contribution in [3.8, 4) is 0 Å². The van der Waals surface area contributed by atoms with Crippen LogP contribution in [-0.2, 0) is 6.54 Å². The highest BCUT2D eigenvalue weighted by Crippen LogP contribution is 2.24. The Morgan fingerprint density at radius 2 is 2.18 bits per heavy atom. The normalized spacial score (nSPS) is 18.7. The zero-order chi connectivity index (χ0) is 12.1. The minimum absolute atomic E-state index is 0.751. The van der Waals surface area contributed by atoms with E-state index in [4.69, 9.17) is 0 Å². The summed E-state index contributed by atoms with van der Waals surface area (Å²) in [5.74, 6) is 0. The lowest BCUT2D eigenvalue weighted by Gasteiger charge is -2.32. The van der Waals surface area contributed by atoms with Crippen molar-refractivity contribution in [2.24, 2.45) is 0 Å². The molecule has 17 heavy (non-hydrogen) atoms. The third-order valence-electron chi connectivity index (χ3n) is 3.28. The molecule has 96 valence electrons. The fourth-order valence-corrected chi connectivity index (χ4v) is 3.83. The molecule has 2 nitrogen and oxygen atoms in total. The van der Waals surface area contributed by atoms with Gasteiger partial charge in [0.2, 0.25) is 0 Å². The van der Waals surface area contributed by atoms with Gasteiger partial charge in [0.1, 0.15) is 0 Å². The molecule has 2 heterocycles. The molecule has 1 saturated heterocycles. The van der Waals surface area contributed by atoms with Crippen LogP contribution in [-0.4, -0.2) is 30.6 Å². The Labute approximate surface area is 117 Å². The molecule has 0 bridgehead atoms. The molecule has 1 fully saturated rings. The topological polar surface area (TPSA) is 15.3 Å². The van der Waals surface area contributed by atoms with Crippen LogP contribution in [0.2, 0.25) is 0 Å². The van der Waals surface area contributed by atoms with E-state index in [0.717, 1.165) is 12.6 Å². The standard InChI is InChI=1S/C13H21BrN2S/c1-2-7-15-11-5-8-16(9-6-11)10-12-3-4-13(14)17-12/h3-4,11,15H,2,5-10H2,1H3. The average Bonchev–Trinajstić information content (AvgIpc) is 2.74. The first-order chi connectivity index (χ1) is 8.28. The predicted octanol–water partition coefficient (Wildman–Crippen LogP) is 3.47. The lowest BCUT2D eigenvalue weighted by Crippen LogP contribution is -2.42. The molecule has 0 atom stereocenters. The van der Waals surface area contributed by atoms with E-state index < -0.39 is 0 Å². The Morgan fingerprint density at radius 1 is 1.41 bits per heavy atom. The van der Waals surface area contributed by atoms with Crippen molar-refractivity contribution in [2.75, 3.05) is 19.6 Å². The first-order valence-corrected chi connectivity index (χ1v) is 8.09. The van der Waals surface area contributed by atoms with Crippen molar-refractivity contribution in [3.63, 3.8) is 0 Å². The van der Waals surface area contributed by atoms with E-state index in [9.17, 15) is 0 Å². The molecule has 1 aliphatic rings. The van der Waals surface area contributed by atoms with Crippen molar-refractivity contribution in [1.29, 1.82) is 0 Å². The molecule has 0 unspecified atom stereocenters. The number of piperidine rings is 1. The largest absolute Gasteiger partial charge is 0.314 e. The van der Waals surface area contributed by atoms with E-state index >= 15 is 0 Å². The van der Waals surface area contributed by atoms with Gasteiger partial charge in [-0.2, -0.15) is 0 Å². The van der Waals surface area contributed by atoms with E-state index in [-0.39, 0.29) is 0 Å². The van der Waals surface area contributed by atoms with Gasteiger partial charge >= 0.3 is 0 Å². The number of rotatable bonds is 5. The van der Waals surface area contributed by atoms with E-state index in [0.29, 0.717) is 0 Å². The van der Waals surface area contributed by atoms with Crippen molar-refractivity contribution >= 4 is 27.3 Å². The SMILES string of the molecule is CCCNC1CCN(Cc2ccc(Br)s2)CC1. The quantitative estimate of drug-likeness (QED) is 0.894. The third kappa shape index (κ3) is 4.36. The van der Waals surface area contributed by atoms with Crippen LogP contribution in [0, 0.1) is 0 Å². The maximum Gasteiger partial charge on any atom is 0.0701 e. The molecule has 0 aromatic carbocycles. The first kappa shape index (κ1) is 13.5. The number of nitrogens with zero attached hydrogens (tertiary/aromatic N) is 1. The van der Waals surface area contributed by atoms with Gasteiger partial charge in [0.25, 0.3) is 0 Å².